The molecule has 50 valence electrons. The van der Waals surface area contributed by atoms with Gasteiger partial charge in [0.1, 0.15) is 0 Å². The molecule has 6 heteroatoms. The lowest BCUT2D eigenvalue weighted by Gasteiger charge is -1.97. The van der Waals surface area contributed by atoms with Crippen LogP contribution in [0.1, 0.15) is 0 Å². The molecule has 6 radical (unpaired) electrons. The van der Waals surface area contributed by atoms with Crippen LogP contribution in [0.15, 0.2) is 10.4 Å². The first-order valence-corrected chi connectivity index (χ1v) is 4.00. The molecule has 0 bridgehead atoms. The van der Waals surface area contributed by atoms with Gasteiger partial charge in [0.2, 0.25) is 10.2 Å². The third kappa shape index (κ3) is 2.87. The van der Waals surface area contributed by atoms with Crippen LogP contribution < -0.4 is 0 Å². The van der Waals surface area contributed by atoms with Crippen molar-refractivity contribution in [3.63, 3.8) is 0 Å². The highest BCUT2D eigenvalue weighted by Crippen LogP contribution is 2.06. The summed E-state index contributed by atoms with van der Waals surface area (Å²) in [5, 5.41) is -1.25. The molecule has 0 aliphatic carbocycles. The zero-order valence-corrected chi connectivity index (χ0v) is 8.50. The monoisotopic (exact) mass is 202 g/mol. The van der Waals surface area contributed by atoms with E-state index < -0.39 is 10.2 Å². The minimum atomic E-state index is -0.625. The van der Waals surface area contributed by atoms with Crippen LogP contribution in [-0.2, 0) is 9.59 Å². The van der Waals surface area contributed by atoms with Gasteiger partial charge in [-0.3, -0.25) is 9.59 Å². The molecule has 0 aromatic rings. The molecular weight excluding hydrogens is 200 g/mol. The van der Waals surface area contributed by atoms with Crippen LogP contribution in [0, 0.1) is 0 Å². The fourth-order valence-electron chi connectivity index (χ4n) is 0.305. The molecule has 0 spiro atoms. The zero-order valence-electron chi connectivity index (χ0n) is 4.71. The van der Waals surface area contributed by atoms with Gasteiger partial charge < -0.3 is 0 Å². The molecule has 0 saturated heterocycles. The van der Waals surface area contributed by atoms with Gasteiger partial charge in [0.05, 0.1) is 26.1 Å². The molecule has 10 heavy (non-hydrogen) atoms. The lowest BCUT2D eigenvalue weighted by molar-refractivity contribution is -0.112. The minimum absolute atomic E-state index is 0.111. The van der Waals surface area contributed by atoms with Crippen molar-refractivity contribution in [3.05, 3.63) is 10.4 Å². The summed E-state index contributed by atoms with van der Waals surface area (Å²) in [6.07, 6.45) is 0. The van der Waals surface area contributed by atoms with Crippen molar-refractivity contribution in [2.45, 2.75) is 0 Å². The Bertz CT molecular complexity index is 191. The number of carbonyl (C=O) groups is 2. The molecule has 0 rings (SSSR count). The van der Waals surface area contributed by atoms with E-state index in [0.717, 1.165) is 0 Å². The van der Waals surface area contributed by atoms with Crippen molar-refractivity contribution in [3.8, 4) is 0 Å². The maximum Gasteiger partial charge on any atom is 0.219 e. The number of carbonyl (C=O) groups excluding carboxylic acids is 2. The SMILES string of the molecule is O=C(S)C(C(=O)S)=C([Si])[Si]. The highest BCUT2D eigenvalue weighted by atomic mass is 32.1. The predicted molar refractivity (Wildman–Crippen MR) is 46.5 cm³/mol. The molecular formula is C4H2O2S2Si2. The quantitative estimate of drug-likeness (QED) is 0.207. The van der Waals surface area contributed by atoms with Crippen LogP contribution in [-0.4, -0.2) is 30.7 Å². The Balaban J connectivity index is 4.79. The van der Waals surface area contributed by atoms with Gasteiger partial charge in [0, 0.05) is 0 Å². The van der Waals surface area contributed by atoms with Crippen LogP contribution in [0.5, 0.6) is 0 Å². The molecule has 0 fully saturated rings. The van der Waals surface area contributed by atoms with Crippen LogP contribution in [0.25, 0.3) is 0 Å². The number of thiol groups is 2. The third-order valence-corrected chi connectivity index (χ3v) is 1.62. The predicted octanol–water partition coefficient (Wildman–Crippen LogP) is -0.552. The Kier molecular flexibility index (Phi) is 4.26. The van der Waals surface area contributed by atoms with Gasteiger partial charge >= 0.3 is 0 Å². The second kappa shape index (κ2) is 4.17. The number of hydrogen-bond donors (Lipinski definition) is 2. The molecule has 0 heterocycles. The third-order valence-electron chi connectivity index (χ3n) is 0.678. The highest BCUT2D eigenvalue weighted by molar-refractivity contribution is 8.00. The van der Waals surface area contributed by atoms with Gasteiger partial charge in [-0.1, -0.05) is 4.82 Å². The molecule has 0 aliphatic rings. The first kappa shape index (κ1) is 10.2. The van der Waals surface area contributed by atoms with Crippen molar-refractivity contribution in [2.24, 2.45) is 0 Å². The largest absolute Gasteiger partial charge is 0.282 e. The molecule has 0 aliphatic heterocycles. The molecule has 0 saturated carbocycles. The van der Waals surface area contributed by atoms with E-state index in [0.29, 0.717) is 0 Å². The van der Waals surface area contributed by atoms with Crippen LogP contribution >= 0.6 is 25.3 Å². The smallest absolute Gasteiger partial charge is 0.219 e. The van der Waals surface area contributed by atoms with E-state index >= 15 is 0 Å². The minimum Gasteiger partial charge on any atom is -0.282 e. The molecule has 0 N–H and O–H groups in total. The summed E-state index contributed by atoms with van der Waals surface area (Å²) < 4.78 is 0. The number of hydrogen-bond acceptors (Lipinski definition) is 2. The first-order valence-electron chi connectivity index (χ1n) is 2.11. The maximum atomic E-state index is 10.5. The lowest BCUT2D eigenvalue weighted by Crippen LogP contribution is -2.06. The van der Waals surface area contributed by atoms with Crippen LogP contribution in [0.4, 0.5) is 0 Å². The standard InChI is InChI=1S/C4H2O2S2Si2/c5-2(7)1(3(6)8)4(9)10/h(H,5,7)(H,6,8). The summed E-state index contributed by atoms with van der Waals surface area (Å²) >= 11 is 6.89. The summed E-state index contributed by atoms with van der Waals surface area (Å²) in [4.78, 5) is 21.3. The first-order chi connectivity index (χ1) is 4.46. The van der Waals surface area contributed by atoms with Crippen LogP contribution in [0.2, 0.25) is 0 Å². The summed E-state index contributed by atoms with van der Waals surface area (Å²) in [6.45, 7) is 0. The Morgan fingerprint density at radius 1 is 1.00 bits per heavy atom. The molecule has 0 aromatic carbocycles. The van der Waals surface area contributed by atoms with Crippen molar-refractivity contribution in [1.82, 2.24) is 0 Å². The average Bonchev–Trinajstić information content (AvgIpc) is 1.59. The van der Waals surface area contributed by atoms with Gasteiger partial charge in [-0.05, 0) is 0 Å². The molecule has 0 aromatic heterocycles. The normalized spacial score (nSPS) is 8.80. The Morgan fingerprint density at radius 3 is 1.30 bits per heavy atom. The van der Waals surface area contributed by atoms with Crippen LogP contribution in [0.3, 0.4) is 0 Å². The lowest BCUT2D eigenvalue weighted by atomic mass is 10.4. The summed E-state index contributed by atoms with van der Waals surface area (Å²) in [6, 6.07) is 0. The van der Waals surface area contributed by atoms with E-state index in [-0.39, 0.29) is 10.4 Å². The number of rotatable bonds is 2. The van der Waals surface area contributed by atoms with E-state index in [9.17, 15) is 9.59 Å². The average molecular weight is 202 g/mol. The fourth-order valence-corrected chi connectivity index (χ4v) is 1.70. The Labute approximate surface area is 76.1 Å². The second-order valence-electron chi connectivity index (χ2n) is 1.36. The van der Waals surface area contributed by atoms with Gasteiger partial charge in [0.25, 0.3) is 0 Å². The molecule has 2 nitrogen and oxygen atoms in total. The topological polar surface area (TPSA) is 34.1 Å². The van der Waals surface area contributed by atoms with Crippen molar-refractivity contribution < 1.29 is 9.59 Å². The van der Waals surface area contributed by atoms with E-state index in [2.05, 4.69) is 45.7 Å². The fraction of sp³-hybridized carbons (Fsp3) is 0. The molecule has 0 amide bonds. The van der Waals surface area contributed by atoms with E-state index in [1.54, 1.807) is 0 Å². The van der Waals surface area contributed by atoms with Crippen molar-refractivity contribution >= 4 is 56.0 Å². The van der Waals surface area contributed by atoms with Gasteiger partial charge in [-0.2, -0.15) is 0 Å². The van der Waals surface area contributed by atoms with E-state index in [4.69, 9.17) is 0 Å². The van der Waals surface area contributed by atoms with Crippen molar-refractivity contribution in [1.29, 1.82) is 0 Å². The maximum absolute atomic E-state index is 10.5. The second-order valence-corrected chi connectivity index (χ2v) is 3.67. The highest BCUT2D eigenvalue weighted by Gasteiger charge is 2.11. The zero-order chi connectivity index (χ0) is 8.31. The van der Waals surface area contributed by atoms with Gasteiger partial charge in [0.15, 0.2) is 0 Å². The van der Waals surface area contributed by atoms with Crippen molar-refractivity contribution in [2.75, 3.05) is 0 Å². The molecule has 0 unspecified atom stereocenters. The summed E-state index contributed by atoms with van der Waals surface area (Å²) in [5.41, 5.74) is -0.111. The van der Waals surface area contributed by atoms with Gasteiger partial charge in [-0.15, -0.1) is 25.3 Å². The summed E-state index contributed by atoms with van der Waals surface area (Å²) in [7, 11) is 5.89. The Morgan fingerprint density at radius 2 is 1.30 bits per heavy atom. The Hall–Kier alpha value is 0.214. The molecule has 0 atom stereocenters. The van der Waals surface area contributed by atoms with E-state index in [1.165, 1.54) is 0 Å². The van der Waals surface area contributed by atoms with E-state index in [1.807, 2.05) is 0 Å². The van der Waals surface area contributed by atoms with Gasteiger partial charge in [-0.25, -0.2) is 0 Å². The summed E-state index contributed by atoms with van der Waals surface area (Å²) in [5.74, 6) is 0.